The third-order valence-corrected chi connectivity index (χ3v) is 5.81. The molecule has 3 aromatic rings. The summed E-state index contributed by atoms with van der Waals surface area (Å²) in [6.45, 7) is 3.95. The lowest BCUT2D eigenvalue weighted by atomic mass is 10.1. The maximum Gasteiger partial charge on any atom is 0.223 e. The Bertz CT molecular complexity index is 761. The van der Waals surface area contributed by atoms with Crippen LogP contribution in [0.2, 0.25) is 0 Å². The second kappa shape index (κ2) is 9.55. The molecular weight excluding hydrogens is 362 g/mol. The van der Waals surface area contributed by atoms with Gasteiger partial charge in [-0.25, -0.2) is 0 Å². The highest BCUT2D eigenvalue weighted by atomic mass is 32.1. The van der Waals surface area contributed by atoms with Gasteiger partial charge >= 0.3 is 0 Å². The molecule has 5 heteroatoms. The molecule has 2 aromatic heterocycles. The zero-order valence-electron chi connectivity index (χ0n) is 14.9. The van der Waals surface area contributed by atoms with Crippen molar-refractivity contribution in [2.24, 2.45) is 0 Å². The lowest BCUT2D eigenvalue weighted by molar-refractivity contribution is -0.132. The number of rotatable bonds is 9. The first-order valence-electron chi connectivity index (χ1n) is 8.79. The van der Waals surface area contributed by atoms with E-state index in [-0.39, 0.29) is 5.91 Å². The number of thiophene rings is 2. The molecule has 3 nitrogen and oxygen atoms in total. The van der Waals surface area contributed by atoms with E-state index in [2.05, 4.69) is 22.9 Å². The third-order valence-electron chi connectivity index (χ3n) is 4.09. The predicted molar refractivity (Wildman–Crippen MR) is 109 cm³/mol. The molecule has 0 aliphatic rings. The molecule has 26 heavy (non-hydrogen) atoms. The maximum atomic E-state index is 12.9. The standard InChI is InChI=1S/C21H23NO2S2/c1-2-24-20-10-4-3-7-17(20)11-12-21(23)22(15-18-8-5-13-25-18)16-19-9-6-14-26-19/h3-10,13-14H,2,11-12,15-16H2,1H3. The molecule has 0 saturated heterocycles. The largest absolute Gasteiger partial charge is 0.494 e. The van der Waals surface area contributed by atoms with E-state index in [1.54, 1.807) is 22.7 Å². The molecule has 0 saturated carbocycles. The van der Waals surface area contributed by atoms with Gasteiger partial charge in [0.25, 0.3) is 0 Å². The van der Waals surface area contributed by atoms with Crippen LogP contribution >= 0.6 is 22.7 Å². The van der Waals surface area contributed by atoms with Gasteiger partial charge in [-0.15, -0.1) is 22.7 Å². The second-order valence-corrected chi connectivity index (χ2v) is 8.01. The minimum atomic E-state index is 0.179. The monoisotopic (exact) mass is 385 g/mol. The zero-order valence-corrected chi connectivity index (χ0v) is 16.5. The number of hydrogen-bond donors (Lipinski definition) is 0. The van der Waals surface area contributed by atoms with E-state index >= 15 is 0 Å². The van der Waals surface area contributed by atoms with Gasteiger partial charge in [-0.05, 0) is 47.9 Å². The summed E-state index contributed by atoms with van der Waals surface area (Å²) in [5.74, 6) is 1.06. The average Bonchev–Trinajstić information content (AvgIpc) is 3.34. The number of amides is 1. The highest BCUT2D eigenvalue weighted by Crippen LogP contribution is 2.22. The molecule has 1 aromatic carbocycles. The quantitative estimate of drug-likeness (QED) is 0.495. The number of benzene rings is 1. The number of ether oxygens (including phenoxy) is 1. The highest BCUT2D eigenvalue weighted by molar-refractivity contribution is 7.10. The summed E-state index contributed by atoms with van der Waals surface area (Å²) < 4.78 is 5.68. The van der Waals surface area contributed by atoms with Crippen molar-refractivity contribution in [3.05, 3.63) is 74.6 Å². The zero-order chi connectivity index (χ0) is 18.2. The van der Waals surface area contributed by atoms with Gasteiger partial charge < -0.3 is 9.64 Å². The first-order chi connectivity index (χ1) is 12.8. The molecule has 2 heterocycles. The molecule has 0 aliphatic heterocycles. The number of para-hydroxylation sites is 1. The van der Waals surface area contributed by atoms with E-state index in [0.717, 1.165) is 11.3 Å². The van der Waals surface area contributed by atoms with Gasteiger partial charge in [0, 0.05) is 16.2 Å². The summed E-state index contributed by atoms with van der Waals surface area (Å²) in [5, 5.41) is 4.11. The number of nitrogens with zero attached hydrogens (tertiary/aromatic N) is 1. The molecule has 0 radical (unpaired) electrons. The summed E-state index contributed by atoms with van der Waals surface area (Å²) >= 11 is 3.39. The van der Waals surface area contributed by atoms with Gasteiger partial charge in [-0.3, -0.25) is 4.79 Å². The van der Waals surface area contributed by atoms with Crippen LogP contribution < -0.4 is 4.74 Å². The molecule has 1 amide bonds. The van der Waals surface area contributed by atoms with Crippen molar-refractivity contribution in [3.63, 3.8) is 0 Å². The average molecular weight is 386 g/mol. The van der Waals surface area contributed by atoms with Crippen LogP contribution in [-0.4, -0.2) is 17.4 Å². The van der Waals surface area contributed by atoms with Crippen LogP contribution in [-0.2, 0) is 24.3 Å². The first kappa shape index (κ1) is 18.7. The fourth-order valence-electron chi connectivity index (χ4n) is 2.82. The number of hydrogen-bond acceptors (Lipinski definition) is 4. The van der Waals surface area contributed by atoms with Crippen LogP contribution in [0.5, 0.6) is 5.75 Å². The molecule has 3 rings (SSSR count). The van der Waals surface area contributed by atoms with E-state index in [1.165, 1.54) is 9.75 Å². The maximum absolute atomic E-state index is 12.9. The Morgan fingerprint density at radius 1 is 0.962 bits per heavy atom. The van der Waals surface area contributed by atoms with Gasteiger partial charge in [0.1, 0.15) is 5.75 Å². The molecule has 0 bridgehead atoms. The van der Waals surface area contributed by atoms with Crippen molar-refractivity contribution in [2.75, 3.05) is 6.61 Å². The Labute approximate surface area is 162 Å². The second-order valence-electron chi connectivity index (χ2n) is 5.95. The fourth-order valence-corrected chi connectivity index (χ4v) is 4.26. The van der Waals surface area contributed by atoms with Gasteiger partial charge in [0.2, 0.25) is 5.91 Å². The van der Waals surface area contributed by atoms with Crippen molar-refractivity contribution in [1.29, 1.82) is 0 Å². The summed E-state index contributed by atoms with van der Waals surface area (Å²) in [5.41, 5.74) is 1.09. The van der Waals surface area contributed by atoms with E-state index in [1.807, 2.05) is 48.2 Å². The van der Waals surface area contributed by atoms with Gasteiger partial charge in [-0.2, -0.15) is 0 Å². The molecule has 0 spiro atoms. The normalized spacial score (nSPS) is 10.7. The van der Waals surface area contributed by atoms with Gasteiger partial charge in [0.15, 0.2) is 0 Å². The predicted octanol–water partition coefficient (Wildman–Crippen LogP) is 5.37. The first-order valence-corrected chi connectivity index (χ1v) is 10.6. The smallest absolute Gasteiger partial charge is 0.223 e. The van der Waals surface area contributed by atoms with E-state index in [9.17, 15) is 4.79 Å². The summed E-state index contributed by atoms with van der Waals surface area (Å²) in [4.78, 5) is 17.3. The Morgan fingerprint density at radius 2 is 1.62 bits per heavy atom. The van der Waals surface area contributed by atoms with Crippen LogP contribution in [0.3, 0.4) is 0 Å². The van der Waals surface area contributed by atoms with Gasteiger partial charge in [0.05, 0.1) is 19.7 Å². The lowest BCUT2D eigenvalue weighted by Crippen LogP contribution is -2.29. The Hall–Kier alpha value is -2.11. The summed E-state index contributed by atoms with van der Waals surface area (Å²) in [6, 6.07) is 16.2. The Morgan fingerprint density at radius 3 is 2.19 bits per heavy atom. The Balaban J connectivity index is 1.67. The van der Waals surface area contributed by atoms with E-state index in [0.29, 0.717) is 32.5 Å². The molecule has 136 valence electrons. The highest BCUT2D eigenvalue weighted by Gasteiger charge is 2.16. The van der Waals surface area contributed by atoms with Crippen molar-refractivity contribution < 1.29 is 9.53 Å². The van der Waals surface area contributed by atoms with Gasteiger partial charge in [-0.1, -0.05) is 30.3 Å². The fraction of sp³-hybridized carbons (Fsp3) is 0.286. The molecule has 0 unspecified atom stereocenters. The van der Waals surface area contributed by atoms with E-state index < -0.39 is 0 Å². The van der Waals surface area contributed by atoms with Crippen LogP contribution in [0.4, 0.5) is 0 Å². The lowest BCUT2D eigenvalue weighted by Gasteiger charge is -2.22. The minimum absolute atomic E-state index is 0.179. The molecule has 0 atom stereocenters. The van der Waals surface area contributed by atoms with Crippen molar-refractivity contribution >= 4 is 28.6 Å². The minimum Gasteiger partial charge on any atom is -0.494 e. The molecular formula is C21H23NO2S2. The van der Waals surface area contributed by atoms with E-state index in [4.69, 9.17) is 4.74 Å². The SMILES string of the molecule is CCOc1ccccc1CCC(=O)N(Cc1cccs1)Cc1cccs1. The summed E-state index contributed by atoms with van der Waals surface area (Å²) in [6.07, 6.45) is 1.18. The van der Waals surface area contributed by atoms with Crippen LogP contribution in [0.25, 0.3) is 0 Å². The number of carbonyl (C=O) groups is 1. The van der Waals surface area contributed by atoms with Crippen molar-refractivity contribution in [2.45, 2.75) is 32.9 Å². The van der Waals surface area contributed by atoms with Crippen LogP contribution in [0.1, 0.15) is 28.7 Å². The number of carbonyl (C=O) groups excluding carboxylic acids is 1. The molecule has 0 aliphatic carbocycles. The molecule has 0 N–H and O–H groups in total. The Kier molecular flexibility index (Phi) is 6.86. The van der Waals surface area contributed by atoms with Crippen LogP contribution in [0, 0.1) is 0 Å². The summed E-state index contributed by atoms with van der Waals surface area (Å²) in [7, 11) is 0. The topological polar surface area (TPSA) is 29.5 Å². The molecule has 0 fully saturated rings. The van der Waals surface area contributed by atoms with Crippen molar-refractivity contribution in [3.8, 4) is 5.75 Å². The number of aryl methyl sites for hydroxylation is 1. The third kappa shape index (κ3) is 5.19. The van der Waals surface area contributed by atoms with Crippen LogP contribution in [0.15, 0.2) is 59.3 Å². The van der Waals surface area contributed by atoms with Crippen molar-refractivity contribution in [1.82, 2.24) is 4.90 Å².